The first-order valence-corrected chi connectivity index (χ1v) is 13.3. The molecule has 0 fully saturated rings. The molecule has 5 aromatic rings. The Labute approximate surface area is 239 Å². The number of allylic oxidation sites excluding steroid dienone is 2. The number of fused-ring (bicyclic) bond motifs is 7. The molecule has 186 valence electrons. The molecule has 2 aromatic carbocycles. The van der Waals surface area contributed by atoms with Crippen molar-refractivity contribution in [3.8, 4) is 56.9 Å². The van der Waals surface area contributed by atoms with E-state index in [0.29, 0.717) is 11.1 Å². The van der Waals surface area contributed by atoms with E-state index in [2.05, 4.69) is 31.8 Å². The summed E-state index contributed by atoms with van der Waals surface area (Å²) in [6.45, 7) is 15.5. The van der Waals surface area contributed by atoms with Crippen LogP contribution in [0.4, 0.5) is 0 Å². The van der Waals surface area contributed by atoms with Crippen LogP contribution in [0.3, 0.4) is 0 Å². The van der Waals surface area contributed by atoms with Gasteiger partial charge in [0.1, 0.15) is 0 Å². The molecule has 0 bridgehead atoms. The van der Waals surface area contributed by atoms with Crippen molar-refractivity contribution in [2.45, 2.75) is 0 Å². The smallest absolute Gasteiger partial charge is 0.256 e. The van der Waals surface area contributed by atoms with Gasteiger partial charge in [-0.2, -0.15) is 0 Å². The summed E-state index contributed by atoms with van der Waals surface area (Å²) in [4.78, 5) is 17.7. The van der Waals surface area contributed by atoms with Crippen molar-refractivity contribution in [2.24, 2.45) is 0 Å². The fourth-order valence-corrected chi connectivity index (χ4v) is 7.06. The highest BCUT2D eigenvalue weighted by Gasteiger charge is 2.39. The van der Waals surface area contributed by atoms with Gasteiger partial charge < -0.3 is 0 Å². The number of rotatable bonds is 2. The third kappa shape index (κ3) is 3.45. The largest absolute Gasteiger partial charge is 0.271 e. The summed E-state index contributed by atoms with van der Waals surface area (Å²) in [5, 5.41) is 19.9. The van der Waals surface area contributed by atoms with Gasteiger partial charge in [-0.25, -0.2) is 20.2 Å². The maximum absolute atomic E-state index is 9.96. The number of benzene rings is 2. The summed E-state index contributed by atoms with van der Waals surface area (Å²) < 4.78 is 0. The highest BCUT2D eigenvalue weighted by molar-refractivity contribution is 7.16. The van der Waals surface area contributed by atoms with Gasteiger partial charge in [-0.1, -0.05) is 36.4 Å². The quantitative estimate of drug-likeness (QED) is 0.164. The molecule has 0 saturated carbocycles. The van der Waals surface area contributed by atoms with Gasteiger partial charge in [0, 0.05) is 55.5 Å². The normalized spacial score (nSPS) is 14.3. The molecule has 6 nitrogen and oxygen atoms in total. The predicted octanol–water partition coefficient (Wildman–Crippen LogP) is 8.24. The molecule has 0 N–H and O–H groups in total. The molecule has 0 saturated heterocycles. The van der Waals surface area contributed by atoms with Crippen LogP contribution in [0.25, 0.3) is 65.6 Å². The molecule has 0 radical (unpaired) electrons. The maximum atomic E-state index is 9.96. The third-order valence-electron chi connectivity index (χ3n) is 7.31. The van der Waals surface area contributed by atoms with Crippen LogP contribution < -0.4 is 0 Å². The van der Waals surface area contributed by atoms with Crippen molar-refractivity contribution in [3.63, 3.8) is 0 Å². The zero-order chi connectivity index (χ0) is 28.1. The number of aromatic nitrogens is 2. The standard InChI is InChI=1S/C34H14N6S/c1-37-27(17-35)29-23-15-19(25-7-3-5-13-39-25)9-11-21(23)31-32-22-12-10-20(26-8-4-6-14-40-26)16-24(22)30(28(18-36)38-2)34(32)41-33(29)31/h3-16H/b29-27-,30-28+. The Bertz CT molecular complexity index is 1990. The first-order chi connectivity index (χ1) is 20.2. The van der Waals surface area contributed by atoms with Crippen LogP contribution in [0.1, 0.15) is 20.9 Å². The number of hydrogen-bond donors (Lipinski definition) is 0. The Balaban J connectivity index is 1.54. The molecule has 0 spiro atoms. The number of pyridine rings is 2. The van der Waals surface area contributed by atoms with Crippen LogP contribution in [0.5, 0.6) is 0 Å². The van der Waals surface area contributed by atoms with E-state index < -0.39 is 0 Å². The van der Waals surface area contributed by atoms with Gasteiger partial charge in [0.2, 0.25) is 0 Å². The van der Waals surface area contributed by atoms with Gasteiger partial charge >= 0.3 is 0 Å². The second-order valence-corrected chi connectivity index (χ2v) is 10.4. The van der Waals surface area contributed by atoms with Crippen molar-refractivity contribution in [3.05, 3.63) is 140 Å². The second-order valence-electron chi connectivity index (χ2n) is 9.36. The lowest BCUT2D eigenvalue weighted by molar-refractivity contribution is 1.32. The van der Waals surface area contributed by atoms with Crippen LogP contribution in [0.15, 0.2) is 96.6 Å². The monoisotopic (exact) mass is 538 g/mol. The summed E-state index contributed by atoms with van der Waals surface area (Å²) in [5.74, 6) is 0. The van der Waals surface area contributed by atoms with Gasteiger partial charge in [-0.05, 0) is 58.7 Å². The first kappa shape index (κ1) is 24.0. The van der Waals surface area contributed by atoms with E-state index in [1.54, 1.807) is 12.4 Å². The molecule has 3 heterocycles. The van der Waals surface area contributed by atoms with Crippen LogP contribution in [-0.2, 0) is 0 Å². The first-order valence-electron chi connectivity index (χ1n) is 12.5. The van der Waals surface area contributed by atoms with E-state index in [1.165, 1.54) is 11.3 Å². The highest BCUT2D eigenvalue weighted by atomic mass is 32.1. The van der Waals surface area contributed by atoms with Crippen molar-refractivity contribution >= 4 is 22.5 Å². The molecule has 41 heavy (non-hydrogen) atoms. The lowest BCUT2D eigenvalue weighted by Crippen LogP contribution is -1.89. The maximum Gasteiger partial charge on any atom is 0.271 e. The number of nitriles is 2. The molecule has 7 rings (SSSR count). The molecule has 3 aromatic heterocycles. The summed E-state index contributed by atoms with van der Waals surface area (Å²) in [6, 6.07) is 27.6. The molecule has 0 amide bonds. The van der Waals surface area contributed by atoms with Crippen molar-refractivity contribution in [2.75, 3.05) is 0 Å². The number of thiophene rings is 1. The molecule has 2 aliphatic rings. The summed E-state index contributed by atoms with van der Waals surface area (Å²) >= 11 is 1.43. The van der Waals surface area contributed by atoms with Gasteiger partial charge in [-0.15, -0.1) is 11.3 Å². The van der Waals surface area contributed by atoms with Crippen LogP contribution in [-0.4, -0.2) is 9.97 Å². The highest BCUT2D eigenvalue weighted by Crippen LogP contribution is 2.61. The van der Waals surface area contributed by atoms with E-state index in [9.17, 15) is 10.5 Å². The van der Waals surface area contributed by atoms with Crippen molar-refractivity contribution < 1.29 is 0 Å². The molecular weight excluding hydrogens is 524 g/mol. The summed E-state index contributed by atoms with van der Waals surface area (Å²) in [7, 11) is 0. The fraction of sp³-hybridized carbons (Fsp3) is 0. The lowest BCUT2D eigenvalue weighted by atomic mass is 9.95. The number of nitrogens with zero attached hydrogens (tertiary/aromatic N) is 6. The van der Waals surface area contributed by atoms with Gasteiger partial charge in [-0.3, -0.25) is 9.97 Å². The summed E-state index contributed by atoms with van der Waals surface area (Å²) in [6.07, 6.45) is 3.47. The Hall–Kier alpha value is -6.12. The topological polar surface area (TPSA) is 82.1 Å². The van der Waals surface area contributed by atoms with E-state index in [4.69, 9.17) is 13.1 Å². The molecule has 2 aliphatic carbocycles. The van der Waals surface area contributed by atoms with Crippen LogP contribution >= 0.6 is 11.3 Å². The van der Waals surface area contributed by atoms with Gasteiger partial charge in [0.15, 0.2) is 0 Å². The zero-order valence-electron chi connectivity index (χ0n) is 21.2. The molecule has 0 unspecified atom stereocenters. The zero-order valence-corrected chi connectivity index (χ0v) is 22.0. The van der Waals surface area contributed by atoms with Crippen LogP contribution in [0, 0.1) is 35.8 Å². The van der Waals surface area contributed by atoms with Gasteiger partial charge in [0.25, 0.3) is 11.4 Å². The molecule has 7 heteroatoms. The molecule has 0 aliphatic heterocycles. The van der Waals surface area contributed by atoms with E-state index in [1.807, 2.05) is 72.8 Å². The van der Waals surface area contributed by atoms with E-state index in [0.717, 1.165) is 65.6 Å². The molecular formula is C34H14N6S. The minimum Gasteiger partial charge on any atom is -0.256 e. The third-order valence-corrected chi connectivity index (χ3v) is 8.53. The summed E-state index contributed by atoms with van der Waals surface area (Å²) in [5.41, 5.74) is 9.80. The van der Waals surface area contributed by atoms with E-state index >= 15 is 0 Å². The Kier molecular flexibility index (Phi) is 5.41. The average Bonchev–Trinajstić information content (AvgIpc) is 3.65. The van der Waals surface area contributed by atoms with Crippen LogP contribution in [0.2, 0.25) is 0 Å². The lowest BCUT2D eigenvalue weighted by Gasteiger charge is -2.09. The Morgan fingerprint density at radius 1 is 0.634 bits per heavy atom. The fourth-order valence-electron chi connectivity index (χ4n) is 5.61. The van der Waals surface area contributed by atoms with Crippen molar-refractivity contribution in [1.29, 1.82) is 10.5 Å². The van der Waals surface area contributed by atoms with Gasteiger partial charge in [0.05, 0.1) is 36.7 Å². The molecule has 0 atom stereocenters. The minimum atomic E-state index is 0.00466. The number of hydrogen-bond acceptors (Lipinski definition) is 5. The predicted molar refractivity (Wildman–Crippen MR) is 158 cm³/mol. The SMILES string of the molecule is [C-]#[N+]/C(C#N)=C1/c2cc(-c3ccccn3)ccc2-c2c1sc1c2-c2ccc(-c3ccccn3)cc2/C1=C(/C#N)[N+]#[C-]. The van der Waals surface area contributed by atoms with Crippen molar-refractivity contribution in [1.82, 2.24) is 9.97 Å². The van der Waals surface area contributed by atoms with E-state index in [-0.39, 0.29) is 11.4 Å². The average molecular weight is 539 g/mol. The Morgan fingerprint density at radius 2 is 1.10 bits per heavy atom. The Morgan fingerprint density at radius 3 is 1.46 bits per heavy atom. The minimum absolute atomic E-state index is 0.00466. The second kappa shape index (κ2) is 9.26.